The first kappa shape index (κ1) is 9.97. The SMILES string of the molecule is CC(N)C1CC(C)[C@@H](C)C[C@H]1F. The molecule has 0 aromatic rings. The summed E-state index contributed by atoms with van der Waals surface area (Å²) in [6, 6.07) is 0.00921. The molecule has 1 nitrogen and oxygen atoms in total. The van der Waals surface area contributed by atoms with Crippen LogP contribution >= 0.6 is 0 Å². The van der Waals surface area contributed by atoms with Gasteiger partial charge in [0.1, 0.15) is 6.17 Å². The lowest BCUT2D eigenvalue weighted by Crippen LogP contribution is -2.40. The quantitative estimate of drug-likeness (QED) is 0.647. The predicted molar refractivity (Wildman–Crippen MR) is 49.6 cm³/mol. The van der Waals surface area contributed by atoms with E-state index >= 15 is 0 Å². The van der Waals surface area contributed by atoms with Crippen molar-refractivity contribution in [2.24, 2.45) is 23.5 Å². The Morgan fingerprint density at radius 2 is 1.75 bits per heavy atom. The third kappa shape index (κ3) is 1.98. The molecule has 0 radical (unpaired) electrons. The lowest BCUT2D eigenvalue weighted by atomic mass is 9.72. The van der Waals surface area contributed by atoms with E-state index in [0.29, 0.717) is 18.3 Å². The van der Waals surface area contributed by atoms with Crippen LogP contribution in [0.4, 0.5) is 4.39 Å². The van der Waals surface area contributed by atoms with Crippen LogP contribution in [0.2, 0.25) is 0 Å². The van der Waals surface area contributed by atoms with Gasteiger partial charge in [0.15, 0.2) is 0 Å². The molecule has 2 N–H and O–H groups in total. The molecule has 0 saturated heterocycles. The number of alkyl halides is 1. The molecule has 12 heavy (non-hydrogen) atoms. The first-order valence-corrected chi connectivity index (χ1v) is 4.92. The highest BCUT2D eigenvalue weighted by Crippen LogP contribution is 2.36. The summed E-state index contributed by atoms with van der Waals surface area (Å²) >= 11 is 0. The van der Waals surface area contributed by atoms with Crippen LogP contribution in [0.25, 0.3) is 0 Å². The fraction of sp³-hybridized carbons (Fsp3) is 1.00. The molecule has 2 heteroatoms. The van der Waals surface area contributed by atoms with Crippen LogP contribution in [0, 0.1) is 17.8 Å². The minimum absolute atomic E-state index is 0.00921. The number of nitrogens with two attached hydrogens (primary N) is 1. The van der Waals surface area contributed by atoms with Gasteiger partial charge in [-0.3, -0.25) is 0 Å². The maximum atomic E-state index is 13.4. The summed E-state index contributed by atoms with van der Waals surface area (Å²) in [7, 11) is 0. The second-order valence-electron chi connectivity index (χ2n) is 4.46. The molecule has 0 bridgehead atoms. The van der Waals surface area contributed by atoms with Crippen LogP contribution < -0.4 is 5.73 Å². The van der Waals surface area contributed by atoms with Crippen LogP contribution in [0.1, 0.15) is 33.6 Å². The van der Waals surface area contributed by atoms with E-state index in [4.69, 9.17) is 5.73 Å². The zero-order valence-corrected chi connectivity index (χ0v) is 8.26. The molecule has 72 valence electrons. The molecule has 0 aromatic heterocycles. The Labute approximate surface area is 74.5 Å². The second-order valence-corrected chi connectivity index (χ2v) is 4.46. The third-order valence-electron chi connectivity index (χ3n) is 3.35. The van der Waals surface area contributed by atoms with E-state index in [1.54, 1.807) is 0 Å². The monoisotopic (exact) mass is 173 g/mol. The first-order chi connectivity index (χ1) is 5.52. The van der Waals surface area contributed by atoms with Crippen molar-refractivity contribution in [2.75, 3.05) is 0 Å². The minimum atomic E-state index is -0.670. The van der Waals surface area contributed by atoms with Gasteiger partial charge in [0.25, 0.3) is 0 Å². The topological polar surface area (TPSA) is 26.0 Å². The van der Waals surface area contributed by atoms with Gasteiger partial charge < -0.3 is 5.73 Å². The molecule has 0 spiro atoms. The number of hydrogen-bond donors (Lipinski definition) is 1. The van der Waals surface area contributed by atoms with E-state index in [-0.39, 0.29) is 12.0 Å². The van der Waals surface area contributed by atoms with Gasteiger partial charge in [0.2, 0.25) is 0 Å². The molecule has 1 aliphatic carbocycles. The Balaban J connectivity index is 2.55. The Morgan fingerprint density at radius 3 is 2.25 bits per heavy atom. The van der Waals surface area contributed by atoms with Gasteiger partial charge in [-0.25, -0.2) is 4.39 Å². The maximum Gasteiger partial charge on any atom is 0.105 e. The molecule has 0 aromatic carbocycles. The van der Waals surface area contributed by atoms with E-state index in [9.17, 15) is 4.39 Å². The van der Waals surface area contributed by atoms with Gasteiger partial charge in [-0.15, -0.1) is 0 Å². The maximum absolute atomic E-state index is 13.4. The molecular formula is C10H20FN. The molecule has 3 unspecified atom stereocenters. The normalized spacial score (nSPS) is 45.8. The Hall–Kier alpha value is -0.110. The summed E-state index contributed by atoms with van der Waals surface area (Å²) in [6.07, 6.45) is 0.990. The number of hydrogen-bond acceptors (Lipinski definition) is 1. The standard InChI is InChI=1S/C10H20FN/c1-6-4-9(8(3)12)10(11)5-7(6)2/h6-10H,4-5,12H2,1-3H3/t6?,7-,8?,9?,10+/m0/s1. The number of halogens is 1. The van der Waals surface area contributed by atoms with Crippen molar-refractivity contribution in [3.63, 3.8) is 0 Å². The van der Waals surface area contributed by atoms with E-state index in [1.165, 1.54) is 0 Å². The fourth-order valence-electron chi connectivity index (χ4n) is 2.12. The average Bonchev–Trinajstić information content (AvgIpc) is 1.96. The first-order valence-electron chi connectivity index (χ1n) is 4.92. The van der Waals surface area contributed by atoms with Gasteiger partial charge >= 0.3 is 0 Å². The lowest BCUT2D eigenvalue weighted by Gasteiger charge is -2.36. The van der Waals surface area contributed by atoms with Crippen molar-refractivity contribution in [2.45, 2.75) is 45.8 Å². The Bertz CT molecular complexity index is 147. The van der Waals surface area contributed by atoms with Gasteiger partial charge in [-0.05, 0) is 31.6 Å². The highest BCUT2D eigenvalue weighted by molar-refractivity contribution is 4.86. The lowest BCUT2D eigenvalue weighted by molar-refractivity contribution is 0.0806. The van der Waals surface area contributed by atoms with E-state index in [2.05, 4.69) is 13.8 Å². The van der Waals surface area contributed by atoms with Crippen molar-refractivity contribution in [3.8, 4) is 0 Å². The zero-order chi connectivity index (χ0) is 9.30. The highest BCUT2D eigenvalue weighted by Gasteiger charge is 2.34. The van der Waals surface area contributed by atoms with Crippen molar-refractivity contribution in [3.05, 3.63) is 0 Å². The molecule has 1 saturated carbocycles. The number of rotatable bonds is 1. The third-order valence-corrected chi connectivity index (χ3v) is 3.35. The highest BCUT2D eigenvalue weighted by atomic mass is 19.1. The molecule has 0 amide bonds. The van der Waals surface area contributed by atoms with E-state index < -0.39 is 6.17 Å². The molecule has 5 atom stereocenters. The zero-order valence-electron chi connectivity index (χ0n) is 8.26. The summed E-state index contributed by atoms with van der Waals surface area (Å²) in [4.78, 5) is 0. The minimum Gasteiger partial charge on any atom is -0.328 e. The molecule has 1 rings (SSSR count). The molecule has 1 fully saturated rings. The van der Waals surface area contributed by atoms with Gasteiger partial charge in [0.05, 0.1) is 0 Å². The van der Waals surface area contributed by atoms with Crippen LogP contribution in [-0.2, 0) is 0 Å². The second kappa shape index (κ2) is 3.73. The van der Waals surface area contributed by atoms with Crippen molar-refractivity contribution < 1.29 is 4.39 Å². The van der Waals surface area contributed by atoms with E-state index in [1.807, 2.05) is 6.92 Å². The van der Waals surface area contributed by atoms with Crippen molar-refractivity contribution in [1.29, 1.82) is 0 Å². The molecule has 1 aliphatic rings. The smallest absolute Gasteiger partial charge is 0.105 e. The van der Waals surface area contributed by atoms with Gasteiger partial charge in [-0.1, -0.05) is 13.8 Å². The molecule has 0 heterocycles. The Kier molecular flexibility index (Phi) is 3.10. The van der Waals surface area contributed by atoms with Gasteiger partial charge in [-0.2, -0.15) is 0 Å². The average molecular weight is 173 g/mol. The summed E-state index contributed by atoms with van der Waals surface area (Å²) in [5.74, 6) is 1.25. The van der Waals surface area contributed by atoms with Crippen LogP contribution in [0.3, 0.4) is 0 Å². The van der Waals surface area contributed by atoms with Crippen LogP contribution in [-0.4, -0.2) is 12.2 Å². The molecular weight excluding hydrogens is 153 g/mol. The summed E-state index contributed by atoms with van der Waals surface area (Å²) < 4.78 is 13.4. The summed E-state index contributed by atoms with van der Waals surface area (Å²) in [5.41, 5.74) is 5.73. The summed E-state index contributed by atoms with van der Waals surface area (Å²) in [5, 5.41) is 0. The predicted octanol–water partition coefficient (Wildman–Crippen LogP) is 2.35. The van der Waals surface area contributed by atoms with Crippen LogP contribution in [0.5, 0.6) is 0 Å². The Morgan fingerprint density at radius 1 is 1.25 bits per heavy atom. The van der Waals surface area contributed by atoms with Crippen molar-refractivity contribution >= 4 is 0 Å². The van der Waals surface area contributed by atoms with Gasteiger partial charge in [0, 0.05) is 12.0 Å². The van der Waals surface area contributed by atoms with Crippen LogP contribution in [0.15, 0.2) is 0 Å². The summed E-state index contributed by atoms with van der Waals surface area (Å²) in [6.45, 7) is 6.25. The van der Waals surface area contributed by atoms with Crippen molar-refractivity contribution in [1.82, 2.24) is 0 Å². The largest absolute Gasteiger partial charge is 0.328 e. The fourth-order valence-corrected chi connectivity index (χ4v) is 2.12. The molecule has 0 aliphatic heterocycles. The van der Waals surface area contributed by atoms with E-state index in [0.717, 1.165) is 6.42 Å².